The lowest BCUT2D eigenvalue weighted by molar-refractivity contribution is 0.933. The molecule has 1 aromatic carbocycles. The van der Waals surface area contributed by atoms with E-state index in [9.17, 15) is 0 Å². The van der Waals surface area contributed by atoms with Gasteiger partial charge in [-0.05, 0) is 17.5 Å². The van der Waals surface area contributed by atoms with Crippen LogP contribution in [0.2, 0.25) is 0 Å². The maximum absolute atomic E-state index is 3.43. The van der Waals surface area contributed by atoms with Gasteiger partial charge < -0.3 is 4.57 Å². The van der Waals surface area contributed by atoms with Crippen molar-refractivity contribution >= 4 is 26.7 Å². The van der Waals surface area contributed by atoms with Crippen molar-refractivity contribution in [3.63, 3.8) is 0 Å². The van der Waals surface area contributed by atoms with E-state index in [0.717, 1.165) is 4.47 Å². The molecule has 0 amide bonds. The maximum Gasteiger partial charge on any atom is 0.0182 e. The van der Waals surface area contributed by atoms with Gasteiger partial charge in [-0.15, -0.1) is 0 Å². The number of halogens is 1. The second kappa shape index (κ2) is 2.38. The van der Waals surface area contributed by atoms with E-state index >= 15 is 0 Å². The highest BCUT2D eigenvalue weighted by Crippen LogP contribution is 2.19. The number of benzene rings is 1. The molecule has 0 N–H and O–H groups in total. The third-order valence-corrected chi connectivity index (χ3v) is 2.23. The van der Waals surface area contributed by atoms with E-state index in [4.69, 9.17) is 0 Å². The Balaban J connectivity index is 2.82. The lowest BCUT2D eigenvalue weighted by Crippen LogP contribution is -1.75. The summed E-state index contributed by atoms with van der Waals surface area (Å²) in [7, 11) is 2.04. The van der Waals surface area contributed by atoms with Crippen LogP contribution in [0.4, 0.5) is 0 Å². The van der Waals surface area contributed by atoms with Crippen LogP contribution < -0.4 is 0 Å². The van der Waals surface area contributed by atoms with E-state index in [1.807, 2.05) is 7.05 Å². The molecule has 0 aliphatic rings. The molecular weight excluding hydrogens is 202 g/mol. The zero-order valence-electron chi connectivity index (χ0n) is 6.21. The molecule has 2 heteroatoms. The Morgan fingerprint density at radius 2 is 1.91 bits per heavy atom. The third kappa shape index (κ3) is 1.18. The zero-order valence-corrected chi connectivity index (χ0v) is 7.80. The number of aromatic nitrogens is 1. The van der Waals surface area contributed by atoms with Gasteiger partial charge >= 0.3 is 0 Å². The van der Waals surface area contributed by atoms with Gasteiger partial charge in [-0.25, -0.2) is 0 Å². The fourth-order valence-electron chi connectivity index (χ4n) is 1.25. The molecule has 0 saturated heterocycles. The highest BCUT2D eigenvalue weighted by atomic mass is 79.9. The number of hydrogen-bond donors (Lipinski definition) is 0. The van der Waals surface area contributed by atoms with Gasteiger partial charge in [0, 0.05) is 29.3 Å². The molecule has 2 aromatic rings. The minimum absolute atomic E-state index is 1.14. The first-order valence-corrected chi connectivity index (χ1v) is 4.26. The summed E-state index contributed by atoms with van der Waals surface area (Å²) in [5.74, 6) is 0. The maximum atomic E-state index is 3.43. The average Bonchev–Trinajstić information content (AvgIpc) is 2.27. The first-order valence-electron chi connectivity index (χ1n) is 3.47. The van der Waals surface area contributed by atoms with E-state index in [1.54, 1.807) is 0 Å². The summed E-state index contributed by atoms with van der Waals surface area (Å²) in [5.41, 5.74) is 0. The van der Waals surface area contributed by atoms with Gasteiger partial charge in [-0.1, -0.05) is 22.0 Å². The standard InChI is InChI=1S/C9H8BrN/c1-11-5-7-2-3-9(10)4-8(7)6-11/h2-6H,1H3. The minimum Gasteiger partial charge on any atom is -0.356 e. The molecule has 1 aromatic heterocycles. The van der Waals surface area contributed by atoms with Crippen molar-refractivity contribution in [3.8, 4) is 0 Å². The summed E-state index contributed by atoms with van der Waals surface area (Å²) < 4.78 is 3.20. The molecule has 0 radical (unpaired) electrons. The topological polar surface area (TPSA) is 4.93 Å². The monoisotopic (exact) mass is 209 g/mol. The molecule has 0 spiro atoms. The lowest BCUT2D eigenvalue weighted by atomic mass is 10.2. The summed E-state index contributed by atoms with van der Waals surface area (Å²) in [4.78, 5) is 0. The number of rotatable bonds is 0. The van der Waals surface area contributed by atoms with Crippen LogP contribution >= 0.6 is 15.9 Å². The third-order valence-electron chi connectivity index (χ3n) is 1.73. The van der Waals surface area contributed by atoms with Crippen molar-refractivity contribution < 1.29 is 0 Å². The summed E-state index contributed by atoms with van der Waals surface area (Å²) in [6.45, 7) is 0. The summed E-state index contributed by atoms with van der Waals surface area (Å²) in [6.07, 6.45) is 4.22. The van der Waals surface area contributed by atoms with Crippen LogP contribution in [0.15, 0.2) is 35.1 Å². The molecule has 2 rings (SSSR count). The summed E-state index contributed by atoms with van der Waals surface area (Å²) >= 11 is 3.43. The SMILES string of the molecule is Cn1cc2ccc(Br)cc2c1. The Morgan fingerprint density at radius 3 is 2.73 bits per heavy atom. The van der Waals surface area contributed by atoms with Crippen LogP contribution in [0, 0.1) is 0 Å². The number of fused-ring (bicyclic) bond motifs is 1. The molecule has 0 aliphatic carbocycles. The first-order chi connectivity index (χ1) is 5.25. The van der Waals surface area contributed by atoms with Gasteiger partial charge in [0.1, 0.15) is 0 Å². The Labute approximate surface area is 73.8 Å². The quantitative estimate of drug-likeness (QED) is 0.629. The smallest absolute Gasteiger partial charge is 0.0182 e. The molecule has 0 atom stereocenters. The Morgan fingerprint density at radius 1 is 1.18 bits per heavy atom. The molecular formula is C9H8BrN. The van der Waals surface area contributed by atoms with Crippen molar-refractivity contribution in [3.05, 3.63) is 35.1 Å². The van der Waals surface area contributed by atoms with Gasteiger partial charge in [-0.3, -0.25) is 0 Å². The van der Waals surface area contributed by atoms with Gasteiger partial charge in [-0.2, -0.15) is 0 Å². The number of nitrogens with zero attached hydrogens (tertiary/aromatic N) is 1. The van der Waals surface area contributed by atoms with Crippen molar-refractivity contribution in [1.82, 2.24) is 4.57 Å². The van der Waals surface area contributed by atoms with Crippen LogP contribution in [0.25, 0.3) is 10.8 Å². The average molecular weight is 210 g/mol. The highest BCUT2D eigenvalue weighted by molar-refractivity contribution is 9.10. The summed E-state index contributed by atoms with van der Waals surface area (Å²) in [6, 6.07) is 6.29. The minimum atomic E-state index is 1.14. The molecule has 0 unspecified atom stereocenters. The van der Waals surface area contributed by atoms with Crippen molar-refractivity contribution in [2.24, 2.45) is 7.05 Å². The van der Waals surface area contributed by atoms with Crippen LogP contribution in [0.1, 0.15) is 0 Å². The molecule has 0 bridgehead atoms. The number of aryl methyl sites for hydroxylation is 1. The molecule has 0 fully saturated rings. The Kier molecular flexibility index (Phi) is 1.50. The van der Waals surface area contributed by atoms with Crippen molar-refractivity contribution in [2.75, 3.05) is 0 Å². The first kappa shape index (κ1) is 6.92. The van der Waals surface area contributed by atoms with Crippen LogP contribution in [0.3, 0.4) is 0 Å². The van der Waals surface area contributed by atoms with Gasteiger partial charge in [0.25, 0.3) is 0 Å². The number of hydrogen-bond acceptors (Lipinski definition) is 0. The largest absolute Gasteiger partial charge is 0.356 e. The van der Waals surface area contributed by atoms with Crippen molar-refractivity contribution in [1.29, 1.82) is 0 Å². The summed E-state index contributed by atoms with van der Waals surface area (Å²) in [5, 5.41) is 2.57. The fourth-order valence-corrected chi connectivity index (χ4v) is 1.63. The van der Waals surface area contributed by atoms with Crippen LogP contribution in [-0.2, 0) is 7.05 Å². The van der Waals surface area contributed by atoms with E-state index in [1.165, 1.54) is 10.8 Å². The van der Waals surface area contributed by atoms with Crippen LogP contribution in [-0.4, -0.2) is 4.57 Å². The molecule has 0 saturated carbocycles. The highest BCUT2D eigenvalue weighted by Gasteiger charge is 1.95. The Bertz CT molecular complexity index is 389. The van der Waals surface area contributed by atoms with Crippen molar-refractivity contribution in [2.45, 2.75) is 0 Å². The predicted molar refractivity (Wildman–Crippen MR) is 50.6 cm³/mol. The van der Waals surface area contributed by atoms with E-state index in [0.29, 0.717) is 0 Å². The van der Waals surface area contributed by atoms with Crippen LogP contribution in [0.5, 0.6) is 0 Å². The molecule has 11 heavy (non-hydrogen) atoms. The van der Waals surface area contributed by atoms with E-state index in [-0.39, 0.29) is 0 Å². The molecule has 1 heterocycles. The second-order valence-electron chi connectivity index (χ2n) is 2.70. The van der Waals surface area contributed by atoms with Gasteiger partial charge in [0.15, 0.2) is 0 Å². The van der Waals surface area contributed by atoms with Gasteiger partial charge in [0.2, 0.25) is 0 Å². The molecule has 1 nitrogen and oxygen atoms in total. The Hall–Kier alpha value is -0.760. The lowest BCUT2D eigenvalue weighted by Gasteiger charge is -1.88. The van der Waals surface area contributed by atoms with E-state index < -0.39 is 0 Å². The fraction of sp³-hybridized carbons (Fsp3) is 0.111. The molecule has 0 aliphatic heterocycles. The van der Waals surface area contributed by atoms with E-state index in [2.05, 4.69) is 51.1 Å². The molecule has 56 valence electrons. The van der Waals surface area contributed by atoms with Gasteiger partial charge in [0.05, 0.1) is 0 Å². The zero-order chi connectivity index (χ0) is 7.84. The predicted octanol–water partition coefficient (Wildman–Crippen LogP) is 2.94. The normalized spacial score (nSPS) is 10.7. The second-order valence-corrected chi connectivity index (χ2v) is 3.61.